The topological polar surface area (TPSA) is 31.4 Å². The SMILES string of the molecule is [C-]#[N+]c1ccc(C#N)c(N2c3ccccc3C(c3ccccc3)c3ccccc32)c1. The van der Waals surface area contributed by atoms with Gasteiger partial charge in [0.25, 0.3) is 0 Å². The number of nitrogens with zero attached hydrogens (tertiary/aromatic N) is 3. The lowest BCUT2D eigenvalue weighted by Gasteiger charge is -2.38. The second kappa shape index (κ2) is 7.24. The first kappa shape index (κ1) is 17.7. The molecule has 0 aromatic heterocycles. The molecule has 3 nitrogen and oxygen atoms in total. The van der Waals surface area contributed by atoms with E-state index in [0.29, 0.717) is 11.3 Å². The van der Waals surface area contributed by atoms with Crippen LogP contribution in [0.2, 0.25) is 0 Å². The highest BCUT2D eigenvalue weighted by Crippen LogP contribution is 2.51. The van der Waals surface area contributed by atoms with Gasteiger partial charge in [-0.15, -0.1) is 0 Å². The van der Waals surface area contributed by atoms with Gasteiger partial charge in [0.1, 0.15) is 6.07 Å². The third-order valence-corrected chi connectivity index (χ3v) is 5.58. The number of hydrogen-bond acceptors (Lipinski definition) is 2. The Morgan fingerprint density at radius 1 is 0.733 bits per heavy atom. The summed E-state index contributed by atoms with van der Waals surface area (Å²) in [6.07, 6.45) is 0. The van der Waals surface area contributed by atoms with Crippen molar-refractivity contribution in [1.29, 1.82) is 5.26 Å². The molecule has 0 saturated carbocycles. The number of benzene rings is 4. The number of para-hydroxylation sites is 2. The number of hydrogen-bond donors (Lipinski definition) is 0. The molecule has 1 aliphatic rings. The van der Waals surface area contributed by atoms with Gasteiger partial charge in [-0.1, -0.05) is 78.9 Å². The molecular formula is C27H17N3. The summed E-state index contributed by atoms with van der Waals surface area (Å²) in [5, 5.41) is 9.78. The summed E-state index contributed by atoms with van der Waals surface area (Å²) >= 11 is 0. The van der Waals surface area contributed by atoms with Crippen LogP contribution in [0.4, 0.5) is 22.7 Å². The predicted molar refractivity (Wildman–Crippen MR) is 119 cm³/mol. The molecule has 0 bridgehead atoms. The number of rotatable bonds is 2. The van der Waals surface area contributed by atoms with Gasteiger partial charge in [0.2, 0.25) is 0 Å². The minimum atomic E-state index is 0.101. The van der Waals surface area contributed by atoms with Crippen molar-refractivity contribution in [2.24, 2.45) is 0 Å². The fourth-order valence-corrected chi connectivity index (χ4v) is 4.30. The molecule has 140 valence electrons. The zero-order valence-corrected chi connectivity index (χ0v) is 16.2. The maximum Gasteiger partial charge on any atom is 0.189 e. The van der Waals surface area contributed by atoms with Crippen molar-refractivity contribution >= 4 is 22.7 Å². The second-order valence-electron chi connectivity index (χ2n) is 7.22. The fourth-order valence-electron chi connectivity index (χ4n) is 4.30. The summed E-state index contributed by atoms with van der Waals surface area (Å²) in [5.41, 5.74) is 7.45. The molecule has 0 fully saturated rings. The minimum Gasteiger partial charge on any atom is -0.310 e. The third-order valence-electron chi connectivity index (χ3n) is 5.58. The van der Waals surface area contributed by atoms with Gasteiger partial charge in [0, 0.05) is 5.92 Å². The number of fused-ring (bicyclic) bond motifs is 2. The van der Waals surface area contributed by atoms with Crippen LogP contribution in [-0.4, -0.2) is 0 Å². The lowest BCUT2D eigenvalue weighted by molar-refractivity contribution is 0.938. The van der Waals surface area contributed by atoms with E-state index in [1.165, 1.54) is 16.7 Å². The summed E-state index contributed by atoms with van der Waals surface area (Å²) in [4.78, 5) is 5.71. The van der Waals surface area contributed by atoms with Gasteiger partial charge in [-0.2, -0.15) is 5.26 Å². The van der Waals surface area contributed by atoms with Crippen LogP contribution in [0.3, 0.4) is 0 Å². The molecule has 0 spiro atoms. The molecule has 30 heavy (non-hydrogen) atoms. The molecule has 3 heteroatoms. The zero-order chi connectivity index (χ0) is 20.5. The lowest BCUT2D eigenvalue weighted by atomic mass is 9.80. The molecule has 0 saturated heterocycles. The predicted octanol–water partition coefficient (Wildman–Crippen LogP) is 7.07. The standard InChI is InChI=1S/C27H17N3/c1-29-21-16-15-20(18-28)26(17-21)30-24-13-7-5-11-22(24)27(19-9-3-2-4-10-19)23-12-6-8-14-25(23)30/h2-17,27H. The van der Waals surface area contributed by atoms with E-state index in [1.807, 2.05) is 24.3 Å². The van der Waals surface area contributed by atoms with E-state index in [-0.39, 0.29) is 5.92 Å². The summed E-state index contributed by atoms with van der Waals surface area (Å²) < 4.78 is 0. The van der Waals surface area contributed by atoms with E-state index in [9.17, 15) is 5.26 Å². The maximum atomic E-state index is 9.78. The van der Waals surface area contributed by atoms with Crippen molar-refractivity contribution in [2.75, 3.05) is 4.90 Å². The van der Waals surface area contributed by atoms with E-state index in [2.05, 4.69) is 76.5 Å². The molecule has 4 aromatic carbocycles. The molecular weight excluding hydrogens is 366 g/mol. The first-order valence-electron chi connectivity index (χ1n) is 9.76. The van der Waals surface area contributed by atoms with Crippen molar-refractivity contribution in [1.82, 2.24) is 0 Å². The van der Waals surface area contributed by atoms with E-state index in [4.69, 9.17) is 6.57 Å². The Kier molecular flexibility index (Phi) is 4.28. The van der Waals surface area contributed by atoms with Gasteiger partial charge in [0.15, 0.2) is 5.69 Å². The normalized spacial score (nSPS) is 12.4. The quantitative estimate of drug-likeness (QED) is 0.305. The molecule has 0 amide bonds. The van der Waals surface area contributed by atoms with E-state index >= 15 is 0 Å². The average molecular weight is 383 g/mol. The van der Waals surface area contributed by atoms with Crippen LogP contribution < -0.4 is 4.90 Å². The third kappa shape index (κ3) is 2.73. The minimum absolute atomic E-state index is 0.101. The molecule has 0 aliphatic carbocycles. The maximum absolute atomic E-state index is 9.78. The first-order valence-corrected chi connectivity index (χ1v) is 9.76. The second-order valence-corrected chi connectivity index (χ2v) is 7.22. The Morgan fingerprint density at radius 3 is 1.93 bits per heavy atom. The van der Waals surface area contributed by atoms with Crippen molar-refractivity contribution in [3.63, 3.8) is 0 Å². The van der Waals surface area contributed by atoms with Crippen LogP contribution in [-0.2, 0) is 0 Å². The van der Waals surface area contributed by atoms with Gasteiger partial charge in [0.05, 0.1) is 29.2 Å². The zero-order valence-electron chi connectivity index (χ0n) is 16.2. The molecule has 0 radical (unpaired) electrons. The molecule has 1 aliphatic heterocycles. The largest absolute Gasteiger partial charge is 0.310 e. The highest BCUT2D eigenvalue weighted by atomic mass is 15.2. The summed E-state index contributed by atoms with van der Waals surface area (Å²) in [6, 6.07) is 34.7. The number of anilines is 3. The molecule has 5 rings (SSSR count). The summed E-state index contributed by atoms with van der Waals surface area (Å²) in [5.74, 6) is 0.101. The number of nitriles is 1. The molecule has 0 N–H and O–H groups in total. The van der Waals surface area contributed by atoms with Crippen molar-refractivity contribution in [3.05, 3.63) is 131 Å². The Labute approximate surface area is 175 Å². The molecule has 1 heterocycles. The first-order chi connectivity index (χ1) is 14.8. The Bertz CT molecular complexity index is 1280. The van der Waals surface area contributed by atoms with E-state index in [0.717, 1.165) is 17.1 Å². The van der Waals surface area contributed by atoms with Crippen LogP contribution >= 0.6 is 0 Å². The van der Waals surface area contributed by atoms with Crippen LogP contribution in [0.1, 0.15) is 28.2 Å². The summed E-state index contributed by atoms with van der Waals surface area (Å²) in [6.45, 7) is 7.44. The highest BCUT2D eigenvalue weighted by Gasteiger charge is 2.32. The van der Waals surface area contributed by atoms with E-state index in [1.54, 1.807) is 12.1 Å². The molecule has 0 unspecified atom stereocenters. The molecule has 4 aromatic rings. The van der Waals surface area contributed by atoms with Gasteiger partial charge in [-0.05, 0) is 34.9 Å². The average Bonchev–Trinajstić information content (AvgIpc) is 2.82. The van der Waals surface area contributed by atoms with Gasteiger partial charge in [-0.25, -0.2) is 4.85 Å². The van der Waals surface area contributed by atoms with Crippen molar-refractivity contribution in [3.8, 4) is 6.07 Å². The van der Waals surface area contributed by atoms with Crippen molar-refractivity contribution < 1.29 is 0 Å². The Balaban J connectivity index is 1.83. The molecule has 0 atom stereocenters. The van der Waals surface area contributed by atoms with Crippen molar-refractivity contribution in [2.45, 2.75) is 5.92 Å². The highest BCUT2D eigenvalue weighted by molar-refractivity contribution is 5.88. The lowest BCUT2D eigenvalue weighted by Crippen LogP contribution is -2.22. The van der Waals surface area contributed by atoms with Crippen LogP contribution in [0.25, 0.3) is 4.85 Å². The summed E-state index contributed by atoms with van der Waals surface area (Å²) in [7, 11) is 0. The smallest absolute Gasteiger partial charge is 0.189 e. The fraction of sp³-hybridized carbons (Fsp3) is 0.0370. The van der Waals surface area contributed by atoms with Gasteiger partial charge < -0.3 is 4.90 Å². The van der Waals surface area contributed by atoms with Gasteiger partial charge >= 0.3 is 0 Å². The van der Waals surface area contributed by atoms with Gasteiger partial charge in [-0.3, -0.25) is 0 Å². The van der Waals surface area contributed by atoms with E-state index < -0.39 is 0 Å². The van der Waals surface area contributed by atoms with Crippen LogP contribution in [0, 0.1) is 17.9 Å². The Hall–Kier alpha value is -4.34. The monoisotopic (exact) mass is 383 g/mol. The van der Waals surface area contributed by atoms with Crippen LogP contribution in [0.15, 0.2) is 97.1 Å². The Morgan fingerprint density at radius 2 is 1.33 bits per heavy atom. The van der Waals surface area contributed by atoms with Crippen LogP contribution in [0.5, 0.6) is 0 Å².